The Balaban J connectivity index is 2.68. The van der Waals surface area contributed by atoms with Crippen molar-refractivity contribution in [3.05, 3.63) is 24.3 Å². The topological polar surface area (TPSA) is 71.0 Å². The fourth-order valence-electron chi connectivity index (χ4n) is 1.91. The fraction of sp³-hybridized carbons (Fsp3) is 0.562. The Morgan fingerprint density at radius 1 is 1.27 bits per heavy atom. The third-order valence-electron chi connectivity index (χ3n) is 3.11. The first kappa shape index (κ1) is 18.3. The van der Waals surface area contributed by atoms with E-state index in [0.29, 0.717) is 37.7 Å². The number of unbranched alkanes of at least 4 members (excludes halogenated alkanes) is 1. The second kappa shape index (κ2) is 10.9. The molecule has 0 saturated heterocycles. The van der Waals surface area contributed by atoms with E-state index >= 15 is 0 Å². The number of carbonyl (C=O) groups excluding carboxylic acids is 1. The van der Waals surface area contributed by atoms with E-state index in [4.69, 9.17) is 14.6 Å². The minimum Gasteiger partial charge on any atom is -0.489 e. The number of methoxy groups -OCH3 is 1. The van der Waals surface area contributed by atoms with Crippen LogP contribution in [0.15, 0.2) is 24.3 Å². The van der Waals surface area contributed by atoms with Crippen LogP contribution >= 0.6 is 0 Å². The average molecular weight is 310 g/mol. The molecule has 0 atom stereocenters. The maximum Gasteiger partial charge on any atom is 0.322 e. The van der Waals surface area contributed by atoms with E-state index in [1.165, 1.54) is 0 Å². The van der Waals surface area contributed by atoms with Gasteiger partial charge in [-0.25, -0.2) is 4.79 Å². The van der Waals surface area contributed by atoms with Crippen molar-refractivity contribution in [2.45, 2.75) is 19.8 Å². The van der Waals surface area contributed by atoms with E-state index in [2.05, 4.69) is 12.2 Å². The smallest absolute Gasteiger partial charge is 0.322 e. The standard InChI is InChI=1S/C16H26N2O4/c1-3-4-9-18(10-11-19)16(20)17-14-7-5-6-8-15(14)22-13-12-21-2/h5-8,19H,3-4,9-13H2,1-2H3,(H,17,20). The van der Waals surface area contributed by atoms with Gasteiger partial charge in [0.05, 0.1) is 18.9 Å². The van der Waals surface area contributed by atoms with E-state index in [1.807, 2.05) is 12.1 Å². The van der Waals surface area contributed by atoms with Crippen LogP contribution in [-0.4, -0.2) is 56.1 Å². The second-order valence-corrected chi connectivity index (χ2v) is 4.83. The number of ether oxygens (including phenoxy) is 2. The molecule has 0 heterocycles. The Hall–Kier alpha value is -1.79. The van der Waals surface area contributed by atoms with Gasteiger partial charge in [-0.05, 0) is 18.6 Å². The van der Waals surface area contributed by atoms with Crippen LogP contribution in [0.1, 0.15) is 19.8 Å². The molecule has 0 aliphatic carbocycles. The lowest BCUT2D eigenvalue weighted by Gasteiger charge is -2.22. The third-order valence-corrected chi connectivity index (χ3v) is 3.11. The molecule has 0 aliphatic heterocycles. The van der Waals surface area contributed by atoms with Crippen LogP contribution in [0.2, 0.25) is 0 Å². The van der Waals surface area contributed by atoms with E-state index < -0.39 is 0 Å². The lowest BCUT2D eigenvalue weighted by atomic mass is 10.3. The number of hydrogen-bond acceptors (Lipinski definition) is 4. The number of para-hydroxylation sites is 2. The summed E-state index contributed by atoms with van der Waals surface area (Å²) in [5.41, 5.74) is 0.614. The van der Waals surface area contributed by atoms with Gasteiger partial charge in [0.25, 0.3) is 0 Å². The number of hydrogen-bond donors (Lipinski definition) is 2. The number of anilines is 1. The summed E-state index contributed by atoms with van der Waals surface area (Å²) >= 11 is 0. The molecular formula is C16H26N2O4. The van der Waals surface area contributed by atoms with E-state index in [0.717, 1.165) is 12.8 Å². The van der Waals surface area contributed by atoms with Crippen molar-refractivity contribution in [2.75, 3.05) is 45.3 Å². The Labute approximate surface area is 132 Å². The molecule has 0 unspecified atom stereocenters. The molecule has 0 aliphatic rings. The average Bonchev–Trinajstić information content (AvgIpc) is 2.53. The van der Waals surface area contributed by atoms with Gasteiger partial charge in [0.15, 0.2) is 0 Å². The van der Waals surface area contributed by atoms with E-state index in [1.54, 1.807) is 24.1 Å². The number of nitrogens with one attached hydrogen (secondary N) is 1. The van der Waals surface area contributed by atoms with Crippen LogP contribution in [0.5, 0.6) is 5.75 Å². The highest BCUT2D eigenvalue weighted by Gasteiger charge is 2.14. The maximum atomic E-state index is 12.3. The van der Waals surface area contributed by atoms with E-state index in [-0.39, 0.29) is 12.6 Å². The summed E-state index contributed by atoms with van der Waals surface area (Å²) in [5, 5.41) is 11.9. The number of aliphatic hydroxyl groups is 1. The third kappa shape index (κ3) is 6.32. The minimum absolute atomic E-state index is 0.0525. The van der Waals surface area contributed by atoms with Gasteiger partial charge in [0, 0.05) is 20.2 Å². The zero-order valence-electron chi connectivity index (χ0n) is 13.4. The number of urea groups is 1. The number of benzene rings is 1. The molecule has 0 saturated carbocycles. The summed E-state index contributed by atoms with van der Waals surface area (Å²) in [5.74, 6) is 0.604. The summed E-state index contributed by atoms with van der Waals surface area (Å²) in [6.45, 7) is 3.85. The van der Waals surface area contributed by atoms with Gasteiger partial charge in [0.1, 0.15) is 12.4 Å². The molecule has 6 heteroatoms. The number of rotatable bonds is 10. The van der Waals surface area contributed by atoms with Crippen LogP contribution in [-0.2, 0) is 4.74 Å². The van der Waals surface area contributed by atoms with Crippen LogP contribution in [0, 0.1) is 0 Å². The van der Waals surface area contributed by atoms with Crippen molar-refractivity contribution in [1.29, 1.82) is 0 Å². The SMILES string of the molecule is CCCCN(CCO)C(=O)Nc1ccccc1OCCOC. The van der Waals surface area contributed by atoms with Crippen LogP contribution in [0.25, 0.3) is 0 Å². The highest BCUT2D eigenvalue weighted by molar-refractivity contribution is 5.91. The Morgan fingerprint density at radius 2 is 2.05 bits per heavy atom. The Kier molecular flexibility index (Phi) is 9.02. The maximum absolute atomic E-state index is 12.3. The molecule has 0 bridgehead atoms. The molecule has 2 amide bonds. The molecule has 2 N–H and O–H groups in total. The monoisotopic (exact) mass is 310 g/mol. The van der Waals surface area contributed by atoms with Crippen LogP contribution in [0.4, 0.5) is 10.5 Å². The zero-order valence-corrected chi connectivity index (χ0v) is 13.4. The molecule has 1 aromatic carbocycles. The van der Waals surface area contributed by atoms with Gasteiger partial charge in [-0.3, -0.25) is 0 Å². The highest BCUT2D eigenvalue weighted by Crippen LogP contribution is 2.24. The van der Waals surface area contributed by atoms with Crippen molar-refractivity contribution in [3.8, 4) is 5.75 Å². The first-order valence-electron chi connectivity index (χ1n) is 7.60. The predicted octanol–water partition coefficient (Wildman–Crippen LogP) is 2.34. The van der Waals surface area contributed by atoms with Crippen molar-refractivity contribution < 1.29 is 19.4 Å². The summed E-state index contributed by atoms with van der Waals surface area (Å²) in [7, 11) is 1.61. The molecule has 1 rings (SSSR count). The zero-order chi connectivity index (χ0) is 16.2. The molecule has 0 spiro atoms. The highest BCUT2D eigenvalue weighted by atomic mass is 16.5. The fourth-order valence-corrected chi connectivity index (χ4v) is 1.91. The van der Waals surface area contributed by atoms with Crippen molar-refractivity contribution in [3.63, 3.8) is 0 Å². The summed E-state index contributed by atoms with van der Waals surface area (Å²) in [6.07, 6.45) is 1.89. The summed E-state index contributed by atoms with van der Waals surface area (Å²) < 4.78 is 10.5. The lowest BCUT2D eigenvalue weighted by Crippen LogP contribution is -2.37. The van der Waals surface area contributed by atoms with Crippen molar-refractivity contribution in [1.82, 2.24) is 4.90 Å². The molecule has 124 valence electrons. The Morgan fingerprint density at radius 3 is 2.73 bits per heavy atom. The predicted molar refractivity (Wildman–Crippen MR) is 86.4 cm³/mol. The van der Waals surface area contributed by atoms with Gasteiger partial charge in [-0.2, -0.15) is 0 Å². The van der Waals surface area contributed by atoms with Crippen molar-refractivity contribution in [2.24, 2.45) is 0 Å². The minimum atomic E-state index is -0.231. The number of aliphatic hydroxyl groups excluding tert-OH is 1. The first-order valence-corrected chi connectivity index (χ1v) is 7.60. The van der Waals surface area contributed by atoms with Crippen LogP contribution < -0.4 is 10.1 Å². The summed E-state index contributed by atoms with van der Waals surface area (Å²) in [6, 6.07) is 7.04. The normalized spacial score (nSPS) is 10.3. The Bertz CT molecular complexity index is 440. The number of amides is 2. The molecule has 1 aromatic rings. The van der Waals surface area contributed by atoms with Gasteiger partial charge in [-0.1, -0.05) is 25.5 Å². The van der Waals surface area contributed by atoms with E-state index in [9.17, 15) is 4.79 Å². The number of nitrogens with zero attached hydrogens (tertiary/aromatic N) is 1. The van der Waals surface area contributed by atoms with Crippen LogP contribution in [0.3, 0.4) is 0 Å². The van der Waals surface area contributed by atoms with Gasteiger partial charge < -0.3 is 24.8 Å². The molecule has 6 nitrogen and oxygen atoms in total. The quantitative estimate of drug-likeness (QED) is 0.651. The summed E-state index contributed by atoms with van der Waals surface area (Å²) in [4.78, 5) is 13.9. The van der Waals surface area contributed by atoms with Gasteiger partial charge in [-0.15, -0.1) is 0 Å². The molecule has 0 aromatic heterocycles. The molecular weight excluding hydrogens is 284 g/mol. The largest absolute Gasteiger partial charge is 0.489 e. The number of carbonyl (C=O) groups is 1. The first-order chi connectivity index (χ1) is 10.7. The lowest BCUT2D eigenvalue weighted by molar-refractivity contribution is 0.146. The van der Waals surface area contributed by atoms with Gasteiger partial charge in [0.2, 0.25) is 0 Å². The molecule has 0 fully saturated rings. The molecule has 22 heavy (non-hydrogen) atoms. The van der Waals surface area contributed by atoms with Gasteiger partial charge >= 0.3 is 6.03 Å². The second-order valence-electron chi connectivity index (χ2n) is 4.83. The van der Waals surface area contributed by atoms with Crippen molar-refractivity contribution >= 4 is 11.7 Å². The molecule has 0 radical (unpaired) electrons.